The van der Waals surface area contributed by atoms with E-state index in [1.54, 1.807) is 0 Å². The molecule has 2 N–H and O–H groups in total. The van der Waals surface area contributed by atoms with E-state index in [2.05, 4.69) is 15.5 Å². The number of nitrogens with one attached hydrogen (secondary N) is 2. The second-order valence-electron chi connectivity index (χ2n) is 7.63. The van der Waals surface area contributed by atoms with Gasteiger partial charge >= 0.3 is 0 Å². The minimum atomic E-state index is -0.193. The summed E-state index contributed by atoms with van der Waals surface area (Å²) in [5.74, 6) is -0.288. The van der Waals surface area contributed by atoms with E-state index in [4.69, 9.17) is 0 Å². The van der Waals surface area contributed by atoms with Crippen molar-refractivity contribution in [3.8, 4) is 0 Å². The van der Waals surface area contributed by atoms with Gasteiger partial charge in [0.1, 0.15) is 0 Å². The van der Waals surface area contributed by atoms with E-state index in [1.165, 1.54) is 19.3 Å². The Kier molecular flexibility index (Phi) is 6.23. The van der Waals surface area contributed by atoms with Crippen molar-refractivity contribution in [3.05, 3.63) is 24.3 Å². The van der Waals surface area contributed by atoms with Gasteiger partial charge in [0, 0.05) is 19.5 Å². The first kappa shape index (κ1) is 18.3. The van der Waals surface area contributed by atoms with Gasteiger partial charge in [0.25, 0.3) is 0 Å². The van der Waals surface area contributed by atoms with Crippen molar-refractivity contribution < 1.29 is 9.59 Å². The molecular weight excluding hydrogens is 302 g/mol. The molecule has 1 aliphatic rings. The van der Waals surface area contributed by atoms with E-state index in [0.29, 0.717) is 6.42 Å². The van der Waals surface area contributed by atoms with Crippen LogP contribution in [0, 0.1) is 5.41 Å². The van der Waals surface area contributed by atoms with Crippen molar-refractivity contribution in [1.82, 2.24) is 5.32 Å². The number of carbonyl (C=O) groups excluding carboxylic acids is 2. The SMILES string of the molecule is CC(C)(C)CC(=O)NCC(=O)Nc1ccccc1N1CCCCC1. The summed E-state index contributed by atoms with van der Waals surface area (Å²) in [4.78, 5) is 26.3. The summed E-state index contributed by atoms with van der Waals surface area (Å²) in [6, 6.07) is 7.86. The average molecular weight is 331 g/mol. The van der Waals surface area contributed by atoms with Gasteiger partial charge in [-0.1, -0.05) is 32.9 Å². The van der Waals surface area contributed by atoms with Gasteiger partial charge in [-0.05, 0) is 36.8 Å². The summed E-state index contributed by atoms with van der Waals surface area (Å²) in [6.45, 7) is 8.05. The number of hydrogen-bond acceptors (Lipinski definition) is 3. The Bertz CT molecular complexity index is 572. The third-order valence-corrected chi connectivity index (χ3v) is 4.01. The first-order valence-electron chi connectivity index (χ1n) is 8.76. The van der Waals surface area contributed by atoms with Gasteiger partial charge in [-0.2, -0.15) is 0 Å². The Balaban J connectivity index is 1.91. The van der Waals surface area contributed by atoms with Crippen LogP contribution in [0.3, 0.4) is 0 Å². The van der Waals surface area contributed by atoms with Crippen molar-refractivity contribution >= 4 is 23.2 Å². The van der Waals surface area contributed by atoms with Gasteiger partial charge in [0.05, 0.1) is 17.9 Å². The largest absolute Gasteiger partial charge is 0.370 e. The zero-order chi connectivity index (χ0) is 17.6. The van der Waals surface area contributed by atoms with E-state index in [-0.39, 0.29) is 23.8 Å². The minimum Gasteiger partial charge on any atom is -0.370 e. The zero-order valence-electron chi connectivity index (χ0n) is 15.0. The monoisotopic (exact) mass is 331 g/mol. The number of benzene rings is 1. The molecule has 0 saturated carbocycles. The van der Waals surface area contributed by atoms with Crippen LogP contribution in [0.2, 0.25) is 0 Å². The molecule has 5 heteroatoms. The molecule has 1 fully saturated rings. The van der Waals surface area contributed by atoms with E-state index in [0.717, 1.165) is 24.5 Å². The molecule has 0 unspecified atom stereocenters. The molecule has 0 atom stereocenters. The summed E-state index contributed by atoms with van der Waals surface area (Å²) in [6.07, 6.45) is 4.05. The fraction of sp³-hybridized carbons (Fsp3) is 0.579. The highest BCUT2D eigenvalue weighted by atomic mass is 16.2. The smallest absolute Gasteiger partial charge is 0.243 e. The fourth-order valence-electron chi connectivity index (χ4n) is 2.91. The van der Waals surface area contributed by atoms with Crippen LogP contribution < -0.4 is 15.5 Å². The molecule has 132 valence electrons. The maximum atomic E-state index is 12.2. The molecule has 0 bridgehead atoms. The molecule has 1 saturated heterocycles. The molecule has 0 radical (unpaired) electrons. The van der Waals surface area contributed by atoms with Gasteiger partial charge in [0.2, 0.25) is 11.8 Å². The van der Waals surface area contributed by atoms with E-state index >= 15 is 0 Å². The molecule has 5 nitrogen and oxygen atoms in total. The van der Waals surface area contributed by atoms with Crippen LogP contribution in [-0.4, -0.2) is 31.4 Å². The second kappa shape index (κ2) is 8.18. The van der Waals surface area contributed by atoms with Crippen LogP contribution >= 0.6 is 0 Å². The number of para-hydroxylation sites is 2. The molecule has 1 aliphatic heterocycles. The Morgan fingerprint density at radius 2 is 1.71 bits per heavy atom. The quantitative estimate of drug-likeness (QED) is 0.871. The summed E-state index contributed by atoms with van der Waals surface area (Å²) in [5.41, 5.74) is 1.79. The molecule has 24 heavy (non-hydrogen) atoms. The summed E-state index contributed by atoms with van der Waals surface area (Å²) in [7, 11) is 0. The lowest BCUT2D eigenvalue weighted by Gasteiger charge is -2.30. The molecule has 0 aliphatic carbocycles. The molecule has 1 aromatic carbocycles. The highest BCUT2D eigenvalue weighted by Gasteiger charge is 2.18. The molecule has 2 amide bonds. The van der Waals surface area contributed by atoms with E-state index in [1.807, 2.05) is 45.0 Å². The van der Waals surface area contributed by atoms with Crippen molar-refractivity contribution in [2.24, 2.45) is 5.41 Å². The number of piperidine rings is 1. The number of carbonyl (C=O) groups is 2. The van der Waals surface area contributed by atoms with Gasteiger partial charge in [0.15, 0.2) is 0 Å². The summed E-state index contributed by atoms with van der Waals surface area (Å²) >= 11 is 0. The highest BCUT2D eigenvalue weighted by molar-refractivity contribution is 5.97. The number of nitrogens with zero attached hydrogens (tertiary/aromatic N) is 1. The third-order valence-electron chi connectivity index (χ3n) is 4.01. The van der Waals surface area contributed by atoms with E-state index in [9.17, 15) is 9.59 Å². The standard InChI is InChI=1S/C19H29N3O2/c1-19(2,3)13-17(23)20-14-18(24)21-15-9-5-6-10-16(15)22-11-7-4-8-12-22/h5-6,9-10H,4,7-8,11-14H2,1-3H3,(H,20,23)(H,21,24). The fourth-order valence-corrected chi connectivity index (χ4v) is 2.91. The van der Waals surface area contributed by atoms with Crippen molar-refractivity contribution in [3.63, 3.8) is 0 Å². The number of anilines is 2. The maximum absolute atomic E-state index is 12.2. The van der Waals surface area contributed by atoms with Crippen molar-refractivity contribution in [1.29, 1.82) is 0 Å². The minimum absolute atomic E-state index is 0.00322. The second-order valence-corrected chi connectivity index (χ2v) is 7.63. The Morgan fingerprint density at radius 3 is 2.38 bits per heavy atom. The van der Waals surface area contributed by atoms with Crippen LogP contribution in [0.25, 0.3) is 0 Å². The Hall–Kier alpha value is -2.04. The zero-order valence-corrected chi connectivity index (χ0v) is 15.0. The number of amides is 2. The third kappa shape index (κ3) is 5.87. The average Bonchev–Trinajstić information content (AvgIpc) is 2.53. The van der Waals surface area contributed by atoms with Crippen LogP contribution in [0.1, 0.15) is 46.5 Å². The lowest BCUT2D eigenvalue weighted by Crippen LogP contribution is -2.35. The number of rotatable bonds is 5. The van der Waals surface area contributed by atoms with E-state index < -0.39 is 0 Å². The topological polar surface area (TPSA) is 61.4 Å². The van der Waals surface area contributed by atoms with Crippen molar-refractivity contribution in [2.45, 2.75) is 46.5 Å². The van der Waals surface area contributed by atoms with Crippen molar-refractivity contribution in [2.75, 3.05) is 29.9 Å². The van der Waals surface area contributed by atoms with Gasteiger partial charge < -0.3 is 15.5 Å². The molecular formula is C19H29N3O2. The summed E-state index contributed by atoms with van der Waals surface area (Å²) in [5, 5.41) is 5.62. The highest BCUT2D eigenvalue weighted by Crippen LogP contribution is 2.28. The molecule has 0 aromatic heterocycles. The molecule has 1 aromatic rings. The van der Waals surface area contributed by atoms with Gasteiger partial charge in [-0.15, -0.1) is 0 Å². The lowest BCUT2D eigenvalue weighted by molar-refractivity contribution is -0.125. The molecule has 1 heterocycles. The first-order chi connectivity index (χ1) is 11.3. The van der Waals surface area contributed by atoms with Crippen LogP contribution in [0.5, 0.6) is 0 Å². The van der Waals surface area contributed by atoms with Gasteiger partial charge in [-0.3, -0.25) is 9.59 Å². The number of hydrogen-bond donors (Lipinski definition) is 2. The van der Waals surface area contributed by atoms with Gasteiger partial charge in [-0.25, -0.2) is 0 Å². The van der Waals surface area contributed by atoms with Crippen LogP contribution in [0.15, 0.2) is 24.3 Å². The molecule has 2 rings (SSSR count). The predicted molar refractivity (Wildman–Crippen MR) is 98.2 cm³/mol. The first-order valence-corrected chi connectivity index (χ1v) is 8.76. The summed E-state index contributed by atoms with van der Waals surface area (Å²) < 4.78 is 0. The lowest BCUT2D eigenvalue weighted by atomic mass is 9.92. The Labute approximate surface area is 144 Å². The Morgan fingerprint density at radius 1 is 1.04 bits per heavy atom. The van der Waals surface area contributed by atoms with Crippen LogP contribution in [0.4, 0.5) is 11.4 Å². The predicted octanol–water partition coefficient (Wildman–Crippen LogP) is 3.17. The van der Waals surface area contributed by atoms with Crippen LogP contribution in [-0.2, 0) is 9.59 Å². The maximum Gasteiger partial charge on any atom is 0.243 e. The normalized spacial score (nSPS) is 15.0. The molecule has 0 spiro atoms.